The van der Waals surface area contributed by atoms with E-state index < -0.39 is 0 Å². The minimum absolute atomic E-state index is 0.0425. The second-order valence-electron chi connectivity index (χ2n) is 7.97. The van der Waals surface area contributed by atoms with Crippen molar-refractivity contribution in [2.75, 3.05) is 5.75 Å². The monoisotopic (exact) mass is 469 g/mol. The largest absolute Gasteiger partial charge is 0.354 e. The summed E-state index contributed by atoms with van der Waals surface area (Å²) in [6.45, 7) is 4.45. The Balaban J connectivity index is 1.56. The molecule has 4 rings (SSSR count). The Hall–Kier alpha value is -3.07. The Kier molecular flexibility index (Phi) is 7.17. The number of fused-ring (bicyclic) bond motifs is 3. The highest BCUT2D eigenvalue weighted by Crippen LogP contribution is 2.29. The zero-order valence-corrected chi connectivity index (χ0v) is 19.3. The standard InChI is InChI=1S/C24H25F2N5OS/c1-3-15(2)27-21(32)5-4-12-33-24-28-23-22(29-30-24)19-13-18(26)10-11-20(19)31(23)14-16-6-8-17(25)9-7-16/h6-11,13,15H,3-5,12,14H2,1-2H3,(H,27,32). The Morgan fingerprint density at radius 1 is 1.12 bits per heavy atom. The molecule has 1 amide bonds. The molecule has 172 valence electrons. The van der Waals surface area contributed by atoms with Crippen molar-refractivity contribution in [2.45, 2.75) is 50.9 Å². The highest BCUT2D eigenvalue weighted by Gasteiger charge is 2.16. The molecule has 0 aliphatic carbocycles. The van der Waals surface area contributed by atoms with Crippen LogP contribution in [0.5, 0.6) is 0 Å². The predicted molar refractivity (Wildman–Crippen MR) is 126 cm³/mol. The zero-order valence-electron chi connectivity index (χ0n) is 18.5. The third kappa shape index (κ3) is 5.47. The third-order valence-electron chi connectivity index (χ3n) is 5.46. The Morgan fingerprint density at radius 2 is 1.88 bits per heavy atom. The van der Waals surface area contributed by atoms with E-state index >= 15 is 0 Å². The van der Waals surface area contributed by atoms with Crippen LogP contribution in [0.3, 0.4) is 0 Å². The van der Waals surface area contributed by atoms with E-state index in [9.17, 15) is 13.6 Å². The lowest BCUT2D eigenvalue weighted by Crippen LogP contribution is -2.31. The van der Waals surface area contributed by atoms with Gasteiger partial charge in [0.2, 0.25) is 11.1 Å². The van der Waals surface area contributed by atoms with Gasteiger partial charge in [0.1, 0.15) is 17.2 Å². The van der Waals surface area contributed by atoms with E-state index in [0.29, 0.717) is 46.8 Å². The van der Waals surface area contributed by atoms with Crippen LogP contribution in [0.15, 0.2) is 47.6 Å². The average molecular weight is 470 g/mol. The second kappa shape index (κ2) is 10.2. The molecule has 0 fully saturated rings. The molecule has 6 nitrogen and oxygen atoms in total. The maximum Gasteiger partial charge on any atom is 0.220 e. The SMILES string of the molecule is CCC(C)NC(=O)CCCSc1nnc2c3cc(F)ccc3n(Cc3ccc(F)cc3)c2n1. The minimum atomic E-state index is -0.362. The summed E-state index contributed by atoms with van der Waals surface area (Å²) in [6, 6.07) is 10.9. The number of aromatic nitrogens is 4. The fourth-order valence-electron chi connectivity index (χ4n) is 3.55. The maximum absolute atomic E-state index is 13.9. The quantitative estimate of drug-likeness (QED) is 0.273. The van der Waals surface area contributed by atoms with Gasteiger partial charge in [-0.15, -0.1) is 10.2 Å². The first kappa shape index (κ1) is 23.1. The van der Waals surface area contributed by atoms with Gasteiger partial charge in [-0.3, -0.25) is 4.79 Å². The van der Waals surface area contributed by atoms with Crippen molar-refractivity contribution >= 4 is 39.7 Å². The number of benzene rings is 2. The molecule has 4 aromatic rings. The second-order valence-corrected chi connectivity index (χ2v) is 9.03. The molecule has 1 N–H and O–H groups in total. The summed E-state index contributed by atoms with van der Waals surface area (Å²) in [5.41, 5.74) is 2.77. The molecule has 0 bridgehead atoms. The van der Waals surface area contributed by atoms with Crippen LogP contribution in [-0.4, -0.2) is 37.5 Å². The maximum atomic E-state index is 13.9. The first-order chi connectivity index (χ1) is 15.9. The lowest BCUT2D eigenvalue weighted by atomic mass is 10.2. The molecule has 33 heavy (non-hydrogen) atoms. The van der Waals surface area contributed by atoms with Crippen LogP contribution in [0.4, 0.5) is 8.78 Å². The molecule has 0 spiro atoms. The zero-order chi connectivity index (χ0) is 23.4. The van der Waals surface area contributed by atoms with E-state index in [1.807, 2.05) is 18.4 Å². The minimum Gasteiger partial charge on any atom is -0.354 e. The fourth-order valence-corrected chi connectivity index (χ4v) is 4.27. The number of thioether (sulfide) groups is 1. The summed E-state index contributed by atoms with van der Waals surface area (Å²) in [5, 5.41) is 12.6. The molecule has 1 unspecified atom stereocenters. The van der Waals surface area contributed by atoms with Crippen LogP contribution in [0, 0.1) is 11.6 Å². The summed E-state index contributed by atoms with van der Waals surface area (Å²) in [5.74, 6) is 0.0530. The van der Waals surface area contributed by atoms with E-state index in [4.69, 9.17) is 0 Å². The molecule has 2 aromatic carbocycles. The number of hydrogen-bond acceptors (Lipinski definition) is 5. The van der Waals surface area contributed by atoms with Gasteiger partial charge in [0, 0.05) is 30.1 Å². The highest BCUT2D eigenvalue weighted by molar-refractivity contribution is 7.99. The smallest absolute Gasteiger partial charge is 0.220 e. The van der Waals surface area contributed by atoms with Gasteiger partial charge in [-0.2, -0.15) is 0 Å². The van der Waals surface area contributed by atoms with Crippen molar-refractivity contribution in [3.05, 3.63) is 59.7 Å². The number of nitrogens with zero attached hydrogens (tertiary/aromatic N) is 4. The molecule has 2 heterocycles. The molecule has 0 saturated heterocycles. The number of carbonyl (C=O) groups excluding carboxylic acids is 1. The Morgan fingerprint density at radius 3 is 2.64 bits per heavy atom. The van der Waals surface area contributed by atoms with Gasteiger partial charge in [0.25, 0.3) is 0 Å². The summed E-state index contributed by atoms with van der Waals surface area (Å²) < 4.78 is 29.2. The van der Waals surface area contributed by atoms with Gasteiger partial charge in [-0.25, -0.2) is 13.8 Å². The van der Waals surface area contributed by atoms with Gasteiger partial charge in [0.15, 0.2) is 5.65 Å². The first-order valence-electron chi connectivity index (χ1n) is 10.9. The highest BCUT2D eigenvalue weighted by atomic mass is 32.2. The van der Waals surface area contributed by atoms with Crippen molar-refractivity contribution in [2.24, 2.45) is 0 Å². The van der Waals surface area contributed by atoms with Gasteiger partial charge in [-0.05, 0) is 55.7 Å². The van der Waals surface area contributed by atoms with Gasteiger partial charge in [0.05, 0.1) is 5.52 Å². The normalized spacial score (nSPS) is 12.4. The number of carbonyl (C=O) groups is 1. The van der Waals surface area contributed by atoms with E-state index in [-0.39, 0.29) is 23.6 Å². The van der Waals surface area contributed by atoms with E-state index in [1.165, 1.54) is 36.0 Å². The summed E-state index contributed by atoms with van der Waals surface area (Å²) >= 11 is 1.43. The molecular weight excluding hydrogens is 444 g/mol. The first-order valence-corrected chi connectivity index (χ1v) is 11.9. The van der Waals surface area contributed by atoms with E-state index in [2.05, 4.69) is 20.5 Å². The Labute approximate surface area is 194 Å². The van der Waals surface area contributed by atoms with Crippen molar-refractivity contribution in [1.82, 2.24) is 25.1 Å². The van der Waals surface area contributed by atoms with Crippen LogP contribution >= 0.6 is 11.8 Å². The molecule has 0 saturated carbocycles. The Bertz CT molecular complexity index is 1280. The van der Waals surface area contributed by atoms with Crippen molar-refractivity contribution in [3.8, 4) is 0 Å². The lowest BCUT2D eigenvalue weighted by molar-refractivity contribution is -0.121. The molecule has 0 aliphatic rings. The van der Waals surface area contributed by atoms with Crippen molar-refractivity contribution in [3.63, 3.8) is 0 Å². The number of hydrogen-bond donors (Lipinski definition) is 1. The lowest BCUT2D eigenvalue weighted by Gasteiger charge is -2.10. The van der Waals surface area contributed by atoms with E-state index in [1.54, 1.807) is 18.2 Å². The van der Waals surface area contributed by atoms with Gasteiger partial charge >= 0.3 is 0 Å². The molecule has 1 atom stereocenters. The summed E-state index contributed by atoms with van der Waals surface area (Å²) in [4.78, 5) is 16.6. The molecule has 9 heteroatoms. The molecule has 0 aliphatic heterocycles. The van der Waals surface area contributed by atoms with Crippen LogP contribution in [0.1, 0.15) is 38.7 Å². The van der Waals surface area contributed by atoms with Gasteiger partial charge in [-0.1, -0.05) is 30.8 Å². The average Bonchev–Trinajstić information content (AvgIpc) is 3.10. The van der Waals surface area contributed by atoms with Crippen LogP contribution in [-0.2, 0) is 11.3 Å². The molecule has 0 radical (unpaired) electrons. The third-order valence-corrected chi connectivity index (χ3v) is 6.39. The molecular formula is C24H25F2N5OS. The van der Waals surface area contributed by atoms with Crippen LogP contribution < -0.4 is 5.32 Å². The van der Waals surface area contributed by atoms with E-state index in [0.717, 1.165) is 17.5 Å². The summed E-state index contributed by atoms with van der Waals surface area (Å²) in [7, 11) is 0. The topological polar surface area (TPSA) is 72.7 Å². The van der Waals surface area contributed by atoms with Crippen LogP contribution in [0.25, 0.3) is 22.1 Å². The van der Waals surface area contributed by atoms with Crippen LogP contribution in [0.2, 0.25) is 0 Å². The van der Waals surface area contributed by atoms with Gasteiger partial charge < -0.3 is 9.88 Å². The number of nitrogens with one attached hydrogen (secondary N) is 1. The fraction of sp³-hybridized carbons (Fsp3) is 0.333. The summed E-state index contributed by atoms with van der Waals surface area (Å²) in [6.07, 6.45) is 2.03. The number of rotatable bonds is 9. The van der Waals surface area contributed by atoms with Crippen molar-refractivity contribution in [1.29, 1.82) is 0 Å². The predicted octanol–water partition coefficient (Wildman–Crippen LogP) is 5.09. The van der Waals surface area contributed by atoms with Crippen molar-refractivity contribution < 1.29 is 13.6 Å². The molecule has 2 aromatic heterocycles. The number of halogens is 2. The number of amides is 1.